The zero-order chi connectivity index (χ0) is 15.5. The summed E-state index contributed by atoms with van der Waals surface area (Å²) in [5.41, 5.74) is 9.71. The van der Waals surface area contributed by atoms with Gasteiger partial charge in [0, 0.05) is 5.70 Å². The van der Waals surface area contributed by atoms with E-state index in [2.05, 4.69) is 37.8 Å². The van der Waals surface area contributed by atoms with E-state index in [9.17, 15) is 0 Å². The number of nitrogens with two attached hydrogens (primary N) is 1. The second-order valence-corrected chi connectivity index (χ2v) is 5.52. The quantitative estimate of drug-likeness (QED) is 0.758. The highest BCUT2D eigenvalue weighted by Gasteiger charge is 2.01. The van der Waals surface area contributed by atoms with Crippen molar-refractivity contribution in [3.8, 4) is 5.75 Å². The molecule has 3 rings (SSSR count). The number of fused-ring (bicyclic) bond motifs is 1. The Kier molecular flexibility index (Phi) is 3.84. The van der Waals surface area contributed by atoms with E-state index in [4.69, 9.17) is 10.5 Å². The minimum atomic E-state index is 0.573. The van der Waals surface area contributed by atoms with Gasteiger partial charge in [-0.1, -0.05) is 54.6 Å². The van der Waals surface area contributed by atoms with Crippen LogP contribution in [0, 0.1) is 6.92 Å². The first-order chi connectivity index (χ1) is 10.6. The summed E-state index contributed by atoms with van der Waals surface area (Å²) >= 11 is 0. The Morgan fingerprint density at radius 3 is 2.36 bits per heavy atom. The minimum Gasteiger partial charge on any atom is -0.489 e. The Morgan fingerprint density at radius 1 is 0.955 bits per heavy atom. The Hall–Kier alpha value is -2.74. The molecule has 0 aliphatic carbocycles. The lowest BCUT2D eigenvalue weighted by Gasteiger charge is -2.09. The number of hydrogen-bond donors (Lipinski definition) is 1. The first-order valence-corrected chi connectivity index (χ1v) is 7.29. The molecule has 3 aromatic carbocycles. The van der Waals surface area contributed by atoms with Crippen LogP contribution < -0.4 is 10.5 Å². The fourth-order valence-electron chi connectivity index (χ4n) is 2.36. The van der Waals surface area contributed by atoms with E-state index >= 15 is 0 Å². The number of rotatable bonds is 4. The minimum absolute atomic E-state index is 0.573. The molecule has 0 aliphatic heterocycles. The summed E-state index contributed by atoms with van der Waals surface area (Å²) in [6.07, 6.45) is 0. The summed E-state index contributed by atoms with van der Waals surface area (Å²) in [6, 6.07) is 20.5. The molecule has 0 aliphatic rings. The fourth-order valence-corrected chi connectivity index (χ4v) is 2.36. The second-order valence-electron chi connectivity index (χ2n) is 5.52. The standard InChI is InChI=1S/C20H19NO/c1-14-3-5-16(6-4-14)13-22-20-10-9-18-11-17(15(2)21)7-8-19(18)12-20/h3-12H,2,13,21H2,1H3. The van der Waals surface area contributed by atoms with E-state index in [1.54, 1.807) is 0 Å². The molecule has 110 valence electrons. The molecule has 22 heavy (non-hydrogen) atoms. The third-order valence-electron chi connectivity index (χ3n) is 3.71. The largest absolute Gasteiger partial charge is 0.489 e. The number of ether oxygens (including phenoxy) is 1. The van der Waals surface area contributed by atoms with Gasteiger partial charge < -0.3 is 10.5 Å². The zero-order valence-corrected chi connectivity index (χ0v) is 12.7. The molecule has 0 aromatic heterocycles. The molecule has 0 fully saturated rings. The molecule has 0 heterocycles. The molecule has 0 spiro atoms. The predicted octanol–water partition coefficient (Wildman–Crippen LogP) is 4.66. The van der Waals surface area contributed by atoms with Crippen LogP contribution in [0.25, 0.3) is 16.5 Å². The maximum Gasteiger partial charge on any atom is 0.120 e. The monoisotopic (exact) mass is 289 g/mol. The second kappa shape index (κ2) is 5.94. The summed E-state index contributed by atoms with van der Waals surface area (Å²) in [5, 5.41) is 2.26. The van der Waals surface area contributed by atoms with Crippen molar-refractivity contribution in [2.45, 2.75) is 13.5 Å². The Balaban J connectivity index is 1.78. The highest BCUT2D eigenvalue weighted by molar-refractivity contribution is 5.86. The fraction of sp³-hybridized carbons (Fsp3) is 0.100. The molecule has 0 atom stereocenters. The van der Waals surface area contributed by atoms with Crippen molar-refractivity contribution >= 4 is 16.5 Å². The van der Waals surface area contributed by atoms with Crippen LogP contribution in [0.1, 0.15) is 16.7 Å². The van der Waals surface area contributed by atoms with Gasteiger partial charge in [-0.25, -0.2) is 0 Å². The molecule has 2 nitrogen and oxygen atoms in total. The molecule has 0 radical (unpaired) electrons. The van der Waals surface area contributed by atoms with Crippen molar-refractivity contribution in [2.24, 2.45) is 5.73 Å². The normalized spacial score (nSPS) is 10.6. The third kappa shape index (κ3) is 3.12. The van der Waals surface area contributed by atoms with E-state index < -0.39 is 0 Å². The van der Waals surface area contributed by atoms with E-state index in [1.807, 2.05) is 36.4 Å². The van der Waals surface area contributed by atoms with Crippen LogP contribution >= 0.6 is 0 Å². The highest BCUT2D eigenvalue weighted by Crippen LogP contribution is 2.24. The summed E-state index contributed by atoms with van der Waals surface area (Å²) in [7, 11) is 0. The van der Waals surface area contributed by atoms with Crippen LogP contribution in [0.15, 0.2) is 67.2 Å². The summed E-state index contributed by atoms with van der Waals surface area (Å²) in [6.45, 7) is 6.43. The van der Waals surface area contributed by atoms with Crippen molar-refractivity contribution in [1.82, 2.24) is 0 Å². The first kappa shape index (κ1) is 14.2. The molecular formula is C20H19NO. The third-order valence-corrected chi connectivity index (χ3v) is 3.71. The summed E-state index contributed by atoms with van der Waals surface area (Å²) in [5.74, 6) is 0.868. The molecule has 0 amide bonds. The molecule has 2 heteroatoms. The molecule has 0 saturated carbocycles. The SMILES string of the molecule is C=C(N)c1ccc2cc(OCc3ccc(C)cc3)ccc2c1. The van der Waals surface area contributed by atoms with Crippen molar-refractivity contribution in [3.63, 3.8) is 0 Å². The van der Waals surface area contributed by atoms with Gasteiger partial charge in [0.1, 0.15) is 12.4 Å². The predicted molar refractivity (Wildman–Crippen MR) is 92.7 cm³/mol. The van der Waals surface area contributed by atoms with Gasteiger partial charge in [-0.2, -0.15) is 0 Å². The van der Waals surface area contributed by atoms with Gasteiger partial charge in [-0.15, -0.1) is 0 Å². The van der Waals surface area contributed by atoms with Gasteiger partial charge >= 0.3 is 0 Å². The van der Waals surface area contributed by atoms with E-state index in [0.717, 1.165) is 22.1 Å². The van der Waals surface area contributed by atoms with E-state index in [0.29, 0.717) is 12.3 Å². The topological polar surface area (TPSA) is 35.2 Å². The number of aryl methyl sites for hydroxylation is 1. The van der Waals surface area contributed by atoms with Gasteiger partial charge in [0.05, 0.1) is 0 Å². The number of benzene rings is 3. The lowest BCUT2D eigenvalue weighted by Crippen LogP contribution is -1.96. The first-order valence-electron chi connectivity index (χ1n) is 7.29. The van der Waals surface area contributed by atoms with Crippen LogP contribution in [0.5, 0.6) is 5.75 Å². The molecule has 0 bridgehead atoms. The maximum atomic E-state index is 5.88. The maximum absolute atomic E-state index is 5.88. The Morgan fingerprint density at radius 2 is 1.64 bits per heavy atom. The van der Waals surface area contributed by atoms with E-state index in [-0.39, 0.29) is 0 Å². The highest BCUT2D eigenvalue weighted by atomic mass is 16.5. The van der Waals surface area contributed by atoms with Gasteiger partial charge in [0.25, 0.3) is 0 Å². The molecule has 3 aromatic rings. The Labute approximate surface area is 130 Å². The molecule has 2 N–H and O–H groups in total. The van der Waals surface area contributed by atoms with Crippen molar-refractivity contribution in [2.75, 3.05) is 0 Å². The lowest BCUT2D eigenvalue weighted by atomic mass is 10.1. The van der Waals surface area contributed by atoms with Gasteiger partial charge in [-0.3, -0.25) is 0 Å². The van der Waals surface area contributed by atoms with Crippen LogP contribution in [0.4, 0.5) is 0 Å². The molecule has 0 unspecified atom stereocenters. The molecular weight excluding hydrogens is 270 g/mol. The van der Waals surface area contributed by atoms with Gasteiger partial charge in [0.15, 0.2) is 0 Å². The van der Waals surface area contributed by atoms with Crippen LogP contribution in [-0.4, -0.2) is 0 Å². The summed E-state index contributed by atoms with van der Waals surface area (Å²) in [4.78, 5) is 0. The van der Waals surface area contributed by atoms with Crippen LogP contribution in [0.2, 0.25) is 0 Å². The zero-order valence-electron chi connectivity index (χ0n) is 12.7. The van der Waals surface area contributed by atoms with E-state index in [1.165, 1.54) is 11.1 Å². The average Bonchev–Trinajstić information content (AvgIpc) is 2.53. The number of hydrogen-bond acceptors (Lipinski definition) is 2. The van der Waals surface area contributed by atoms with Gasteiger partial charge in [-0.05, 0) is 47.0 Å². The van der Waals surface area contributed by atoms with Gasteiger partial charge in [0.2, 0.25) is 0 Å². The van der Waals surface area contributed by atoms with Crippen molar-refractivity contribution < 1.29 is 4.74 Å². The summed E-state index contributed by atoms with van der Waals surface area (Å²) < 4.78 is 5.88. The smallest absolute Gasteiger partial charge is 0.120 e. The lowest BCUT2D eigenvalue weighted by molar-refractivity contribution is 0.306. The van der Waals surface area contributed by atoms with Crippen LogP contribution in [0.3, 0.4) is 0 Å². The molecule has 0 saturated heterocycles. The average molecular weight is 289 g/mol. The van der Waals surface area contributed by atoms with Crippen LogP contribution in [-0.2, 0) is 6.61 Å². The van der Waals surface area contributed by atoms with Crippen molar-refractivity contribution in [3.05, 3.63) is 83.9 Å². The van der Waals surface area contributed by atoms with Crippen molar-refractivity contribution in [1.29, 1.82) is 0 Å². The Bertz CT molecular complexity index is 819.